The number of piperidine rings is 1. The predicted octanol–water partition coefficient (Wildman–Crippen LogP) is 3.19. The summed E-state index contributed by atoms with van der Waals surface area (Å²) in [5, 5.41) is 21.9. The molecule has 3 fully saturated rings. The van der Waals surface area contributed by atoms with Crippen LogP contribution in [0.3, 0.4) is 0 Å². The Hall–Kier alpha value is -1.59. The minimum atomic E-state index is -1.01. The van der Waals surface area contributed by atoms with Crippen LogP contribution in [0.4, 0.5) is 0 Å². The third-order valence-electron chi connectivity index (χ3n) is 9.02. The van der Waals surface area contributed by atoms with Crippen molar-refractivity contribution in [3.63, 3.8) is 0 Å². The molecule has 0 aromatic heterocycles. The molecule has 1 spiro atoms. The van der Waals surface area contributed by atoms with Gasteiger partial charge in [0.05, 0.1) is 11.5 Å². The van der Waals surface area contributed by atoms with Gasteiger partial charge in [-0.25, -0.2) is 0 Å². The molecule has 3 unspecified atom stereocenters. The predicted molar refractivity (Wildman–Crippen MR) is 113 cm³/mol. The highest BCUT2D eigenvalue weighted by molar-refractivity contribution is 5.92. The summed E-state index contributed by atoms with van der Waals surface area (Å²) in [7, 11) is 0. The zero-order valence-electron chi connectivity index (χ0n) is 18.1. The Labute approximate surface area is 178 Å². The van der Waals surface area contributed by atoms with Crippen LogP contribution in [0.25, 0.3) is 0 Å². The van der Waals surface area contributed by atoms with Gasteiger partial charge in [-0.2, -0.15) is 0 Å². The molecule has 2 N–H and O–H groups in total. The van der Waals surface area contributed by atoms with Gasteiger partial charge < -0.3 is 14.9 Å². The average Bonchev–Trinajstić information content (AvgIpc) is 3.44. The van der Waals surface area contributed by atoms with E-state index in [0.29, 0.717) is 18.2 Å². The molecule has 1 aromatic carbocycles. The van der Waals surface area contributed by atoms with Crippen LogP contribution in [0.15, 0.2) is 12.1 Å². The lowest BCUT2D eigenvalue weighted by Gasteiger charge is -2.60. The number of hydrogen-bond acceptors (Lipinski definition) is 5. The van der Waals surface area contributed by atoms with Crippen molar-refractivity contribution in [2.24, 2.45) is 17.8 Å². The summed E-state index contributed by atoms with van der Waals surface area (Å²) in [6.45, 7) is 6.05. The largest absolute Gasteiger partial charge is 0.504 e. The van der Waals surface area contributed by atoms with E-state index in [-0.39, 0.29) is 22.9 Å². The SMILES string of the molecule is CCCC(C)(O)C1C[C@H]2[C@H]3Cc4ccc(O)c5c4[C@@]2(CCN3CC2CC2)C(O5)C1=O. The fraction of sp³-hybridized carbons (Fsp3) is 0.720. The number of rotatable bonds is 5. The highest BCUT2D eigenvalue weighted by Gasteiger charge is 2.69. The number of hydrogen-bond donors (Lipinski definition) is 2. The molecule has 5 heteroatoms. The summed E-state index contributed by atoms with van der Waals surface area (Å²) in [4.78, 5) is 16.5. The molecule has 6 atom stereocenters. The van der Waals surface area contributed by atoms with E-state index in [1.807, 2.05) is 6.92 Å². The lowest BCUT2D eigenvalue weighted by Crippen LogP contribution is -2.69. The van der Waals surface area contributed by atoms with Gasteiger partial charge in [0, 0.05) is 23.6 Å². The number of ether oxygens (including phenoxy) is 1. The first-order chi connectivity index (χ1) is 14.4. The van der Waals surface area contributed by atoms with Crippen molar-refractivity contribution in [3.05, 3.63) is 23.3 Å². The van der Waals surface area contributed by atoms with E-state index in [9.17, 15) is 15.0 Å². The Bertz CT molecular complexity index is 907. The summed E-state index contributed by atoms with van der Waals surface area (Å²) in [6, 6.07) is 4.18. The van der Waals surface area contributed by atoms with Crippen molar-refractivity contribution < 1.29 is 19.7 Å². The minimum Gasteiger partial charge on any atom is -0.504 e. The van der Waals surface area contributed by atoms with E-state index >= 15 is 0 Å². The summed E-state index contributed by atoms with van der Waals surface area (Å²) < 4.78 is 6.32. The minimum absolute atomic E-state index is 0.0440. The molecule has 162 valence electrons. The van der Waals surface area contributed by atoms with E-state index in [0.717, 1.165) is 50.3 Å². The van der Waals surface area contributed by atoms with Crippen molar-refractivity contribution in [2.45, 2.75) is 82.0 Å². The molecule has 2 bridgehead atoms. The van der Waals surface area contributed by atoms with Crippen molar-refractivity contribution in [1.82, 2.24) is 4.90 Å². The average molecular weight is 412 g/mol. The zero-order valence-corrected chi connectivity index (χ0v) is 18.1. The molecule has 3 aliphatic carbocycles. The van der Waals surface area contributed by atoms with Crippen LogP contribution >= 0.6 is 0 Å². The molecular weight excluding hydrogens is 378 g/mol. The van der Waals surface area contributed by atoms with E-state index in [2.05, 4.69) is 17.9 Å². The molecule has 1 saturated heterocycles. The molecule has 1 aromatic rings. The molecule has 30 heavy (non-hydrogen) atoms. The van der Waals surface area contributed by atoms with Gasteiger partial charge in [0.2, 0.25) is 0 Å². The maximum atomic E-state index is 13.8. The zero-order chi connectivity index (χ0) is 20.8. The molecule has 5 nitrogen and oxygen atoms in total. The van der Waals surface area contributed by atoms with Gasteiger partial charge >= 0.3 is 0 Å². The lowest BCUT2D eigenvalue weighted by molar-refractivity contribution is -0.159. The summed E-state index contributed by atoms with van der Waals surface area (Å²) in [5.74, 6) is 1.46. The van der Waals surface area contributed by atoms with Gasteiger partial charge in [0.1, 0.15) is 0 Å². The van der Waals surface area contributed by atoms with E-state index in [1.165, 1.54) is 18.4 Å². The van der Waals surface area contributed by atoms with Crippen LogP contribution in [0.1, 0.15) is 63.5 Å². The van der Waals surface area contributed by atoms with Gasteiger partial charge in [-0.05, 0) is 75.5 Å². The highest BCUT2D eigenvalue weighted by atomic mass is 16.5. The second-order valence-electron chi connectivity index (χ2n) is 10.9. The Kier molecular flexibility index (Phi) is 3.97. The summed E-state index contributed by atoms with van der Waals surface area (Å²) >= 11 is 0. The second kappa shape index (κ2) is 6.23. The lowest BCUT2D eigenvalue weighted by atomic mass is 9.48. The standard InChI is InChI=1S/C25H33NO4/c1-3-8-24(2,29)17-12-16-18-11-15-6-7-19(27)22-20(15)25(16,23(30-22)21(17)28)9-10-26(18)13-14-4-5-14/h6-7,14,16-18,23,27,29H,3-5,8-13H2,1-2H3/t16-,17?,18+,23?,24?,25-/m0/s1. The van der Waals surface area contributed by atoms with Crippen LogP contribution in [0, 0.1) is 17.8 Å². The maximum Gasteiger partial charge on any atom is 0.180 e. The Balaban J connectivity index is 1.48. The van der Waals surface area contributed by atoms with Crippen molar-refractivity contribution in [3.8, 4) is 11.5 Å². The number of carbonyl (C=O) groups excluding carboxylic acids is 1. The number of benzene rings is 1. The van der Waals surface area contributed by atoms with Crippen molar-refractivity contribution in [2.75, 3.05) is 13.1 Å². The van der Waals surface area contributed by atoms with E-state index in [4.69, 9.17) is 4.74 Å². The fourth-order valence-corrected chi connectivity index (χ4v) is 7.51. The topological polar surface area (TPSA) is 70.0 Å². The van der Waals surface area contributed by atoms with Crippen LogP contribution in [0.2, 0.25) is 0 Å². The second-order valence-corrected chi connectivity index (χ2v) is 10.9. The van der Waals surface area contributed by atoms with E-state index in [1.54, 1.807) is 6.07 Å². The number of likely N-dealkylation sites (tertiary alicyclic amines) is 1. The first-order valence-corrected chi connectivity index (χ1v) is 11.9. The van der Waals surface area contributed by atoms with Crippen molar-refractivity contribution >= 4 is 5.78 Å². The van der Waals surface area contributed by atoms with Gasteiger partial charge in [-0.3, -0.25) is 9.69 Å². The number of aromatic hydroxyl groups is 1. The summed E-state index contributed by atoms with van der Waals surface area (Å²) in [5.41, 5.74) is 1.02. The van der Waals surface area contributed by atoms with Gasteiger partial charge in [-0.1, -0.05) is 19.4 Å². The number of carbonyl (C=O) groups is 1. The smallest absolute Gasteiger partial charge is 0.180 e. The first kappa shape index (κ1) is 19.1. The van der Waals surface area contributed by atoms with Crippen molar-refractivity contribution in [1.29, 1.82) is 0 Å². The van der Waals surface area contributed by atoms with E-state index < -0.39 is 17.6 Å². The van der Waals surface area contributed by atoms with Gasteiger partial charge in [0.25, 0.3) is 0 Å². The monoisotopic (exact) mass is 411 g/mol. The quantitative estimate of drug-likeness (QED) is 0.779. The number of aliphatic hydroxyl groups is 1. The van der Waals surface area contributed by atoms with Crippen LogP contribution < -0.4 is 4.74 Å². The van der Waals surface area contributed by atoms with Crippen LogP contribution in [0.5, 0.6) is 11.5 Å². The fourth-order valence-electron chi connectivity index (χ4n) is 7.51. The molecule has 0 amide bonds. The molecule has 2 heterocycles. The number of phenolic OH excluding ortho intramolecular Hbond substituents is 1. The molecule has 0 radical (unpaired) electrons. The highest BCUT2D eigenvalue weighted by Crippen LogP contribution is 2.64. The maximum absolute atomic E-state index is 13.8. The van der Waals surface area contributed by atoms with Crippen LogP contribution in [-0.2, 0) is 16.6 Å². The number of Topliss-reactive ketones (excluding diaryl/α,β-unsaturated/α-hetero) is 1. The molecule has 5 aliphatic rings. The van der Waals surface area contributed by atoms with Gasteiger partial charge in [-0.15, -0.1) is 0 Å². The van der Waals surface area contributed by atoms with Gasteiger partial charge in [0.15, 0.2) is 23.4 Å². The molecular formula is C25H33NO4. The number of phenols is 1. The molecule has 2 aliphatic heterocycles. The third-order valence-corrected chi connectivity index (χ3v) is 9.02. The third kappa shape index (κ3) is 2.39. The van der Waals surface area contributed by atoms with Crippen LogP contribution in [-0.4, -0.2) is 51.7 Å². The first-order valence-electron chi connectivity index (χ1n) is 11.9. The normalized spacial score (nSPS) is 38.7. The molecule has 2 saturated carbocycles. The molecule has 6 rings (SSSR count). The summed E-state index contributed by atoms with van der Waals surface area (Å²) in [6.07, 6.45) is 6.16. The number of ketones is 1. The Morgan fingerprint density at radius 1 is 1.33 bits per heavy atom. The Morgan fingerprint density at radius 3 is 2.87 bits per heavy atom. The Morgan fingerprint density at radius 2 is 2.13 bits per heavy atom. The number of nitrogens with zero attached hydrogens (tertiary/aromatic N) is 1.